The van der Waals surface area contributed by atoms with E-state index < -0.39 is 5.60 Å². The van der Waals surface area contributed by atoms with Crippen molar-refractivity contribution in [1.82, 2.24) is 20.5 Å². The number of nitrogens with zero attached hydrogens (tertiary/aromatic N) is 3. The zero-order valence-electron chi connectivity index (χ0n) is 17.4. The predicted octanol–water partition coefficient (Wildman–Crippen LogP) is 3.07. The van der Waals surface area contributed by atoms with Crippen LogP contribution in [0.3, 0.4) is 0 Å². The van der Waals surface area contributed by atoms with Crippen molar-refractivity contribution in [2.45, 2.75) is 59.6 Å². The number of aryl methyl sites for hydroxylation is 2. The van der Waals surface area contributed by atoms with Gasteiger partial charge in [-0.15, -0.1) is 11.3 Å². The van der Waals surface area contributed by atoms with Gasteiger partial charge in [0.1, 0.15) is 5.60 Å². The van der Waals surface area contributed by atoms with E-state index >= 15 is 0 Å². The smallest absolute Gasteiger partial charge is 0.410 e. The molecule has 27 heavy (non-hydrogen) atoms. The summed E-state index contributed by atoms with van der Waals surface area (Å²) in [4.78, 5) is 24.1. The van der Waals surface area contributed by atoms with Crippen LogP contribution in [0.2, 0.25) is 0 Å². The molecule has 0 radical (unpaired) electrons. The summed E-state index contributed by atoms with van der Waals surface area (Å²) in [5.41, 5.74) is 0.613. The fourth-order valence-corrected chi connectivity index (χ4v) is 3.96. The Balaban J connectivity index is 1.80. The first-order valence-corrected chi connectivity index (χ1v) is 10.3. The van der Waals surface area contributed by atoms with Crippen LogP contribution in [0.5, 0.6) is 0 Å². The highest BCUT2D eigenvalue weighted by atomic mass is 32.1. The van der Waals surface area contributed by atoms with Crippen LogP contribution in [0, 0.1) is 19.8 Å². The molecule has 2 N–H and O–H groups in total. The van der Waals surface area contributed by atoms with Crippen LogP contribution in [0.1, 0.15) is 49.2 Å². The van der Waals surface area contributed by atoms with Gasteiger partial charge in [-0.3, -0.25) is 4.99 Å². The van der Waals surface area contributed by atoms with Crippen LogP contribution in [0.25, 0.3) is 0 Å². The van der Waals surface area contributed by atoms with Gasteiger partial charge in [0.15, 0.2) is 5.96 Å². The van der Waals surface area contributed by atoms with Crippen molar-refractivity contribution in [2.75, 3.05) is 26.7 Å². The lowest BCUT2D eigenvalue weighted by molar-refractivity contribution is 0.0168. The summed E-state index contributed by atoms with van der Waals surface area (Å²) >= 11 is 1.71. The average Bonchev–Trinajstić information content (AvgIpc) is 2.91. The summed E-state index contributed by atoms with van der Waals surface area (Å²) in [6.45, 7) is 12.7. The van der Waals surface area contributed by atoms with Crippen LogP contribution in [-0.4, -0.2) is 54.2 Å². The van der Waals surface area contributed by atoms with Crippen molar-refractivity contribution in [3.63, 3.8) is 0 Å². The van der Waals surface area contributed by atoms with Gasteiger partial charge in [-0.25, -0.2) is 9.78 Å². The molecule has 1 aliphatic rings. The Hall–Kier alpha value is -1.83. The fourth-order valence-electron chi connectivity index (χ4n) is 3.09. The normalized spacial score (nSPS) is 18.4. The molecule has 1 unspecified atom stereocenters. The maximum Gasteiger partial charge on any atom is 0.410 e. The van der Waals surface area contributed by atoms with Crippen molar-refractivity contribution >= 4 is 23.4 Å². The number of likely N-dealkylation sites (tertiary alicyclic amines) is 1. The van der Waals surface area contributed by atoms with E-state index in [0.29, 0.717) is 19.0 Å². The quantitative estimate of drug-likeness (QED) is 0.605. The Bertz CT molecular complexity index is 666. The van der Waals surface area contributed by atoms with Crippen LogP contribution in [0.4, 0.5) is 4.79 Å². The molecule has 7 nitrogen and oxygen atoms in total. The van der Waals surface area contributed by atoms with Gasteiger partial charge in [-0.05, 0) is 53.4 Å². The Morgan fingerprint density at radius 1 is 1.37 bits per heavy atom. The summed E-state index contributed by atoms with van der Waals surface area (Å²) in [6.07, 6.45) is 1.87. The number of nitrogens with one attached hydrogen (secondary N) is 2. The van der Waals surface area contributed by atoms with Gasteiger partial charge in [-0.2, -0.15) is 0 Å². The van der Waals surface area contributed by atoms with E-state index in [0.717, 1.165) is 42.6 Å². The van der Waals surface area contributed by atoms with Gasteiger partial charge >= 0.3 is 6.09 Å². The number of carbonyl (C=O) groups is 1. The number of guanidine groups is 1. The number of carbonyl (C=O) groups excluding carboxylic acids is 1. The first-order valence-electron chi connectivity index (χ1n) is 9.53. The second-order valence-electron chi connectivity index (χ2n) is 7.98. The maximum atomic E-state index is 12.3. The number of amides is 1. The molecule has 1 amide bonds. The van der Waals surface area contributed by atoms with Crippen LogP contribution < -0.4 is 10.6 Å². The number of hydrogen-bond acceptors (Lipinski definition) is 5. The van der Waals surface area contributed by atoms with Crippen molar-refractivity contribution in [3.8, 4) is 0 Å². The molecule has 0 aliphatic carbocycles. The lowest BCUT2D eigenvalue weighted by atomic mass is 9.98. The predicted molar refractivity (Wildman–Crippen MR) is 110 cm³/mol. The lowest BCUT2D eigenvalue weighted by Crippen LogP contribution is -2.47. The Kier molecular flexibility index (Phi) is 7.47. The lowest BCUT2D eigenvalue weighted by Gasteiger charge is -2.34. The number of ether oxygens (including phenoxy) is 1. The number of aromatic nitrogens is 1. The number of hydrogen-bond donors (Lipinski definition) is 2. The van der Waals surface area contributed by atoms with E-state index in [1.54, 1.807) is 18.4 Å². The van der Waals surface area contributed by atoms with E-state index in [1.807, 2.05) is 39.5 Å². The zero-order chi connectivity index (χ0) is 20.0. The molecule has 1 aromatic heterocycles. The molecule has 1 aromatic rings. The zero-order valence-corrected chi connectivity index (χ0v) is 18.2. The topological polar surface area (TPSA) is 78.9 Å². The number of aliphatic imine (C=N–C) groups is 1. The van der Waals surface area contributed by atoms with E-state index in [2.05, 4.69) is 20.6 Å². The monoisotopic (exact) mass is 395 g/mol. The molecular formula is C19H33N5O2S. The molecule has 0 bridgehead atoms. The first kappa shape index (κ1) is 21.5. The maximum absolute atomic E-state index is 12.3. The van der Waals surface area contributed by atoms with Gasteiger partial charge < -0.3 is 20.3 Å². The van der Waals surface area contributed by atoms with Crippen molar-refractivity contribution in [2.24, 2.45) is 10.9 Å². The number of piperidine rings is 1. The van der Waals surface area contributed by atoms with Crippen LogP contribution >= 0.6 is 11.3 Å². The fraction of sp³-hybridized carbons (Fsp3) is 0.737. The molecule has 8 heteroatoms. The molecule has 1 saturated heterocycles. The molecule has 0 aromatic carbocycles. The third-order valence-electron chi connectivity index (χ3n) is 4.37. The molecular weight excluding hydrogens is 362 g/mol. The van der Waals surface area contributed by atoms with Crippen LogP contribution in [-0.2, 0) is 11.3 Å². The highest BCUT2D eigenvalue weighted by Crippen LogP contribution is 2.19. The van der Waals surface area contributed by atoms with E-state index in [1.165, 1.54) is 4.88 Å². The minimum Gasteiger partial charge on any atom is -0.444 e. The van der Waals surface area contributed by atoms with Gasteiger partial charge in [0.05, 0.1) is 17.2 Å². The SMILES string of the molecule is CN=C(NCc1sc(C)nc1C)NCC1CCCN(C(=O)OC(C)(C)C)C1. The molecule has 1 atom stereocenters. The third-order valence-corrected chi connectivity index (χ3v) is 5.44. The summed E-state index contributed by atoms with van der Waals surface area (Å²) < 4.78 is 5.50. The second-order valence-corrected chi connectivity index (χ2v) is 9.27. The van der Waals surface area contributed by atoms with E-state index in [9.17, 15) is 4.79 Å². The second kappa shape index (κ2) is 9.39. The summed E-state index contributed by atoms with van der Waals surface area (Å²) in [7, 11) is 1.77. The minimum absolute atomic E-state index is 0.217. The summed E-state index contributed by atoms with van der Waals surface area (Å²) in [5, 5.41) is 7.82. The van der Waals surface area contributed by atoms with Gasteiger partial charge in [0.2, 0.25) is 0 Å². The Morgan fingerprint density at radius 2 is 2.11 bits per heavy atom. The highest BCUT2D eigenvalue weighted by Gasteiger charge is 2.27. The number of thiazole rings is 1. The van der Waals surface area contributed by atoms with Crippen molar-refractivity contribution in [1.29, 1.82) is 0 Å². The molecule has 0 spiro atoms. The van der Waals surface area contributed by atoms with Gasteiger partial charge in [0, 0.05) is 31.6 Å². The highest BCUT2D eigenvalue weighted by molar-refractivity contribution is 7.11. The average molecular weight is 396 g/mol. The molecule has 152 valence electrons. The van der Waals surface area contributed by atoms with Gasteiger partial charge in [-0.1, -0.05) is 0 Å². The van der Waals surface area contributed by atoms with E-state index in [-0.39, 0.29) is 6.09 Å². The minimum atomic E-state index is -0.457. The number of rotatable bonds is 4. The largest absolute Gasteiger partial charge is 0.444 e. The summed E-state index contributed by atoms with van der Waals surface area (Å²) in [5.74, 6) is 1.16. The van der Waals surface area contributed by atoms with Gasteiger partial charge in [0.25, 0.3) is 0 Å². The molecule has 0 saturated carbocycles. The standard InChI is InChI=1S/C19H33N5O2S/c1-13-16(27-14(2)23-13)11-22-17(20-6)21-10-15-8-7-9-24(12-15)18(25)26-19(3,4)5/h15H,7-12H2,1-6H3,(H2,20,21,22). The Morgan fingerprint density at radius 3 is 2.70 bits per heavy atom. The molecule has 1 aliphatic heterocycles. The third kappa shape index (κ3) is 7.01. The Labute approximate surface area is 166 Å². The van der Waals surface area contributed by atoms with Crippen LogP contribution in [0.15, 0.2) is 4.99 Å². The van der Waals surface area contributed by atoms with Crippen molar-refractivity contribution < 1.29 is 9.53 Å². The molecule has 2 rings (SSSR count). The first-order chi connectivity index (χ1) is 12.7. The summed E-state index contributed by atoms with van der Waals surface area (Å²) in [6, 6.07) is 0. The molecule has 1 fully saturated rings. The molecule has 2 heterocycles. The van der Waals surface area contributed by atoms with Crippen molar-refractivity contribution in [3.05, 3.63) is 15.6 Å². The van der Waals surface area contributed by atoms with E-state index in [4.69, 9.17) is 4.74 Å².